The summed E-state index contributed by atoms with van der Waals surface area (Å²) in [6.07, 6.45) is 2.94. The maximum Gasteiger partial charge on any atom is 0.127 e. The van der Waals surface area contributed by atoms with Crippen molar-refractivity contribution in [2.45, 2.75) is 13.3 Å². The van der Waals surface area contributed by atoms with Crippen LogP contribution in [-0.4, -0.2) is 19.9 Å². The van der Waals surface area contributed by atoms with Crippen molar-refractivity contribution >= 4 is 6.21 Å². The highest BCUT2D eigenvalue weighted by Gasteiger charge is 1.95. The Morgan fingerprint density at radius 1 is 1.38 bits per heavy atom. The molecule has 70 valence electrons. The zero-order valence-electron chi connectivity index (χ0n) is 8.16. The quantitative estimate of drug-likeness (QED) is 0.647. The maximum atomic E-state index is 5.18. The number of methoxy groups -OCH3 is 1. The topological polar surface area (TPSA) is 21.6 Å². The summed E-state index contributed by atoms with van der Waals surface area (Å²) in [7, 11) is 1.67. The fourth-order valence-electron chi connectivity index (χ4n) is 1.07. The van der Waals surface area contributed by atoms with Crippen molar-refractivity contribution in [3.05, 3.63) is 29.8 Å². The SMILES string of the molecule is CCCN=Cc1ccccc1OC. The Kier molecular flexibility index (Phi) is 4.03. The van der Waals surface area contributed by atoms with E-state index in [1.54, 1.807) is 7.11 Å². The van der Waals surface area contributed by atoms with Crippen LogP contribution >= 0.6 is 0 Å². The van der Waals surface area contributed by atoms with Gasteiger partial charge < -0.3 is 4.74 Å². The summed E-state index contributed by atoms with van der Waals surface area (Å²) in [6.45, 7) is 2.98. The monoisotopic (exact) mass is 177 g/mol. The number of nitrogens with zero attached hydrogens (tertiary/aromatic N) is 1. The molecule has 13 heavy (non-hydrogen) atoms. The summed E-state index contributed by atoms with van der Waals surface area (Å²) in [6, 6.07) is 7.87. The normalized spacial score (nSPS) is 10.6. The molecule has 0 aliphatic rings. The van der Waals surface area contributed by atoms with Gasteiger partial charge in [0.2, 0.25) is 0 Å². The first kappa shape index (κ1) is 9.78. The standard InChI is InChI=1S/C11H15NO/c1-3-8-12-9-10-6-4-5-7-11(10)13-2/h4-7,9H,3,8H2,1-2H3. The number of aliphatic imine (C=N–C) groups is 1. The van der Waals surface area contributed by atoms with E-state index in [-0.39, 0.29) is 0 Å². The molecule has 0 unspecified atom stereocenters. The van der Waals surface area contributed by atoms with Crippen LogP contribution in [-0.2, 0) is 0 Å². The highest BCUT2D eigenvalue weighted by atomic mass is 16.5. The van der Waals surface area contributed by atoms with E-state index in [0.29, 0.717) is 0 Å². The first-order valence-corrected chi connectivity index (χ1v) is 4.51. The van der Waals surface area contributed by atoms with E-state index in [1.807, 2.05) is 30.5 Å². The first-order valence-electron chi connectivity index (χ1n) is 4.51. The summed E-state index contributed by atoms with van der Waals surface area (Å²) in [5.74, 6) is 0.877. The zero-order chi connectivity index (χ0) is 9.52. The van der Waals surface area contributed by atoms with Gasteiger partial charge in [0.15, 0.2) is 0 Å². The summed E-state index contributed by atoms with van der Waals surface area (Å²) in [5, 5.41) is 0. The Balaban J connectivity index is 2.74. The Morgan fingerprint density at radius 3 is 2.85 bits per heavy atom. The Morgan fingerprint density at radius 2 is 2.15 bits per heavy atom. The fourth-order valence-corrected chi connectivity index (χ4v) is 1.07. The summed E-state index contributed by atoms with van der Waals surface area (Å²) in [5.41, 5.74) is 1.04. The third-order valence-electron chi connectivity index (χ3n) is 1.72. The van der Waals surface area contributed by atoms with Gasteiger partial charge in [-0.2, -0.15) is 0 Å². The minimum atomic E-state index is 0.873. The number of benzene rings is 1. The molecule has 0 fully saturated rings. The molecule has 2 heteroatoms. The van der Waals surface area contributed by atoms with E-state index < -0.39 is 0 Å². The second-order valence-electron chi connectivity index (χ2n) is 2.78. The highest BCUT2D eigenvalue weighted by molar-refractivity contribution is 5.83. The predicted octanol–water partition coefficient (Wildman–Crippen LogP) is 2.52. The van der Waals surface area contributed by atoms with Crippen molar-refractivity contribution in [2.75, 3.05) is 13.7 Å². The molecular formula is C11H15NO. The van der Waals surface area contributed by atoms with Gasteiger partial charge in [-0.3, -0.25) is 4.99 Å². The van der Waals surface area contributed by atoms with Crippen LogP contribution in [0.5, 0.6) is 5.75 Å². The van der Waals surface area contributed by atoms with Crippen molar-refractivity contribution in [1.29, 1.82) is 0 Å². The molecule has 0 heterocycles. The van der Waals surface area contributed by atoms with Crippen LogP contribution in [0.2, 0.25) is 0 Å². The van der Waals surface area contributed by atoms with Gasteiger partial charge in [0.05, 0.1) is 7.11 Å². The molecule has 1 rings (SSSR count). The Hall–Kier alpha value is -1.31. The molecule has 2 nitrogen and oxygen atoms in total. The molecule has 0 saturated heterocycles. The molecule has 0 N–H and O–H groups in total. The zero-order valence-corrected chi connectivity index (χ0v) is 8.16. The van der Waals surface area contributed by atoms with Crippen LogP contribution in [0.4, 0.5) is 0 Å². The van der Waals surface area contributed by atoms with Gasteiger partial charge >= 0.3 is 0 Å². The smallest absolute Gasteiger partial charge is 0.127 e. The van der Waals surface area contributed by atoms with E-state index in [1.165, 1.54) is 0 Å². The third kappa shape index (κ3) is 2.90. The lowest BCUT2D eigenvalue weighted by molar-refractivity contribution is 0.414. The van der Waals surface area contributed by atoms with Crippen molar-refractivity contribution < 1.29 is 4.74 Å². The maximum absolute atomic E-state index is 5.18. The largest absolute Gasteiger partial charge is 0.496 e. The van der Waals surface area contributed by atoms with Crippen molar-refractivity contribution in [3.63, 3.8) is 0 Å². The summed E-state index contributed by atoms with van der Waals surface area (Å²) in [4.78, 5) is 4.26. The molecule has 0 aliphatic heterocycles. The number of hydrogen-bond donors (Lipinski definition) is 0. The van der Waals surface area contributed by atoms with Gasteiger partial charge in [-0.05, 0) is 18.6 Å². The summed E-state index contributed by atoms with van der Waals surface area (Å²) >= 11 is 0. The molecule has 1 aromatic carbocycles. The molecule has 0 radical (unpaired) electrons. The van der Waals surface area contributed by atoms with Crippen LogP contribution in [0.25, 0.3) is 0 Å². The second kappa shape index (κ2) is 5.36. The number of para-hydroxylation sites is 1. The first-order chi connectivity index (χ1) is 6.38. The average molecular weight is 177 g/mol. The minimum Gasteiger partial charge on any atom is -0.496 e. The molecule has 0 aromatic heterocycles. The number of ether oxygens (including phenoxy) is 1. The Labute approximate surface area is 79.3 Å². The van der Waals surface area contributed by atoms with Crippen LogP contribution in [0, 0.1) is 0 Å². The van der Waals surface area contributed by atoms with Gasteiger partial charge in [-0.15, -0.1) is 0 Å². The lowest BCUT2D eigenvalue weighted by Crippen LogP contribution is -1.90. The average Bonchev–Trinajstić information content (AvgIpc) is 2.19. The van der Waals surface area contributed by atoms with Crippen molar-refractivity contribution in [3.8, 4) is 5.75 Å². The number of rotatable bonds is 4. The van der Waals surface area contributed by atoms with Crippen LogP contribution in [0.3, 0.4) is 0 Å². The lowest BCUT2D eigenvalue weighted by atomic mass is 10.2. The second-order valence-corrected chi connectivity index (χ2v) is 2.78. The minimum absolute atomic E-state index is 0.873. The molecular weight excluding hydrogens is 162 g/mol. The van der Waals surface area contributed by atoms with Crippen LogP contribution in [0.1, 0.15) is 18.9 Å². The van der Waals surface area contributed by atoms with Gasteiger partial charge in [0.1, 0.15) is 5.75 Å². The third-order valence-corrected chi connectivity index (χ3v) is 1.72. The van der Waals surface area contributed by atoms with Gasteiger partial charge in [0.25, 0.3) is 0 Å². The van der Waals surface area contributed by atoms with E-state index in [4.69, 9.17) is 4.74 Å². The molecule has 1 aromatic rings. The molecule has 0 bridgehead atoms. The van der Waals surface area contributed by atoms with Gasteiger partial charge in [0, 0.05) is 18.3 Å². The van der Waals surface area contributed by atoms with E-state index >= 15 is 0 Å². The summed E-state index contributed by atoms with van der Waals surface area (Å²) < 4.78 is 5.18. The molecule has 0 saturated carbocycles. The fraction of sp³-hybridized carbons (Fsp3) is 0.364. The molecule has 0 aliphatic carbocycles. The van der Waals surface area contributed by atoms with Crippen molar-refractivity contribution in [1.82, 2.24) is 0 Å². The van der Waals surface area contributed by atoms with E-state index in [9.17, 15) is 0 Å². The predicted molar refractivity (Wildman–Crippen MR) is 55.7 cm³/mol. The van der Waals surface area contributed by atoms with Crippen molar-refractivity contribution in [2.24, 2.45) is 4.99 Å². The van der Waals surface area contributed by atoms with Gasteiger partial charge in [-0.25, -0.2) is 0 Å². The molecule has 0 spiro atoms. The molecule has 0 amide bonds. The molecule has 0 atom stereocenters. The van der Waals surface area contributed by atoms with Gasteiger partial charge in [-0.1, -0.05) is 19.1 Å². The van der Waals surface area contributed by atoms with E-state index in [2.05, 4.69) is 11.9 Å². The van der Waals surface area contributed by atoms with E-state index in [0.717, 1.165) is 24.3 Å². The number of hydrogen-bond acceptors (Lipinski definition) is 2. The van der Waals surface area contributed by atoms with Crippen LogP contribution < -0.4 is 4.74 Å². The highest BCUT2D eigenvalue weighted by Crippen LogP contribution is 2.14. The lowest BCUT2D eigenvalue weighted by Gasteiger charge is -2.02. The van der Waals surface area contributed by atoms with Crippen LogP contribution in [0.15, 0.2) is 29.3 Å². The Bertz CT molecular complexity index is 281.